The Labute approximate surface area is 87.1 Å². The Balaban J connectivity index is 2.69. The molecule has 1 amide bonds. The van der Waals surface area contributed by atoms with Gasteiger partial charge in [0.1, 0.15) is 0 Å². The zero-order chi connectivity index (χ0) is 11.3. The summed E-state index contributed by atoms with van der Waals surface area (Å²) in [5.41, 5.74) is 5.47. The Morgan fingerprint density at radius 2 is 2.33 bits per heavy atom. The predicted molar refractivity (Wildman–Crippen MR) is 52.2 cm³/mol. The number of hydrogen-bond acceptors (Lipinski definition) is 6. The van der Waals surface area contributed by atoms with Crippen LogP contribution in [0.15, 0.2) is 4.63 Å². The fraction of sp³-hybridized carbons (Fsp3) is 0.625. The van der Waals surface area contributed by atoms with Gasteiger partial charge in [-0.05, 0) is 17.2 Å². The van der Waals surface area contributed by atoms with Crippen molar-refractivity contribution >= 4 is 11.7 Å². The van der Waals surface area contributed by atoms with Gasteiger partial charge in [0.25, 0.3) is 5.91 Å². The average molecular weight is 214 g/mol. The van der Waals surface area contributed by atoms with Crippen molar-refractivity contribution in [3.63, 3.8) is 0 Å². The first-order chi connectivity index (χ1) is 7.20. The zero-order valence-corrected chi connectivity index (χ0v) is 8.77. The number of aromatic nitrogens is 2. The van der Waals surface area contributed by atoms with Crippen LogP contribution in [-0.2, 0) is 4.74 Å². The number of rotatable bonds is 5. The van der Waals surface area contributed by atoms with E-state index in [9.17, 15) is 4.79 Å². The number of anilines is 1. The molecule has 1 aromatic heterocycles. The second-order valence-corrected chi connectivity index (χ2v) is 2.88. The van der Waals surface area contributed by atoms with E-state index in [1.54, 1.807) is 12.0 Å². The van der Waals surface area contributed by atoms with Crippen LogP contribution in [0.25, 0.3) is 0 Å². The summed E-state index contributed by atoms with van der Waals surface area (Å²) in [6, 6.07) is 0. The highest BCUT2D eigenvalue weighted by atomic mass is 16.6. The molecule has 7 heteroatoms. The standard InChI is InChI=1S/C8H14N4O3/c1-3-12(4-5-14-2)8(13)6-7(9)11-15-10-6/h3-5H2,1-2H3,(H2,9,11). The molecule has 0 unspecified atom stereocenters. The highest BCUT2D eigenvalue weighted by molar-refractivity contribution is 5.96. The number of hydrogen-bond donors (Lipinski definition) is 1. The van der Waals surface area contributed by atoms with E-state index >= 15 is 0 Å². The molecular weight excluding hydrogens is 200 g/mol. The Kier molecular flexibility index (Phi) is 4.04. The summed E-state index contributed by atoms with van der Waals surface area (Å²) in [4.78, 5) is 13.3. The number of ether oxygens (including phenoxy) is 1. The van der Waals surface area contributed by atoms with E-state index in [0.717, 1.165) is 0 Å². The van der Waals surface area contributed by atoms with Gasteiger partial charge in [0.05, 0.1) is 6.61 Å². The van der Waals surface area contributed by atoms with Crippen LogP contribution in [0.1, 0.15) is 17.4 Å². The molecule has 0 saturated carbocycles. The molecule has 2 N–H and O–H groups in total. The molecule has 15 heavy (non-hydrogen) atoms. The topological polar surface area (TPSA) is 94.5 Å². The number of methoxy groups -OCH3 is 1. The molecule has 0 bridgehead atoms. The lowest BCUT2D eigenvalue weighted by atomic mass is 10.3. The van der Waals surface area contributed by atoms with Crippen LogP contribution in [0.5, 0.6) is 0 Å². The third kappa shape index (κ3) is 2.66. The Morgan fingerprint density at radius 1 is 1.60 bits per heavy atom. The molecule has 0 fully saturated rings. The third-order valence-electron chi connectivity index (χ3n) is 1.95. The lowest BCUT2D eigenvalue weighted by Crippen LogP contribution is -2.34. The van der Waals surface area contributed by atoms with Gasteiger partial charge in [-0.1, -0.05) is 0 Å². The van der Waals surface area contributed by atoms with E-state index in [2.05, 4.69) is 14.9 Å². The largest absolute Gasteiger partial charge is 0.383 e. The van der Waals surface area contributed by atoms with Gasteiger partial charge < -0.3 is 15.4 Å². The minimum atomic E-state index is -0.298. The molecule has 0 radical (unpaired) electrons. The van der Waals surface area contributed by atoms with Crippen molar-refractivity contribution in [3.8, 4) is 0 Å². The zero-order valence-electron chi connectivity index (χ0n) is 8.77. The monoisotopic (exact) mass is 214 g/mol. The lowest BCUT2D eigenvalue weighted by molar-refractivity contribution is 0.0696. The first-order valence-corrected chi connectivity index (χ1v) is 4.57. The maximum Gasteiger partial charge on any atom is 0.280 e. The second kappa shape index (κ2) is 5.30. The van der Waals surface area contributed by atoms with Crippen LogP contribution in [0.4, 0.5) is 5.82 Å². The molecule has 0 aliphatic carbocycles. The van der Waals surface area contributed by atoms with Crippen LogP contribution in [-0.4, -0.2) is 47.9 Å². The molecule has 84 valence electrons. The van der Waals surface area contributed by atoms with Crippen molar-refractivity contribution in [2.45, 2.75) is 6.92 Å². The normalized spacial score (nSPS) is 10.3. The number of carbonyl (C=O) groups is 1. The molecule has 1 heterocycles. The van der Waals surface area contributed by atoms with Gasteiger partial charge in [0.15, 0.2) is 0 Å². The van der Waals surface area contributed by atoms with Gasteiger partial charge in [0.2, 0.25) is 11.5 Å². The first-order valence-electron chi connectivity index (χ1n) is 4.57. The SMILES string of the molecule is CCN(CCOC)C(=O)c1nonc1N. The molecule has 1 rings (SSSR count). The maximum atomic E-state index is 11.8. The summed E-state index contributed by atoms with van der Waals surface area (Å²) in [6.07, 6.45) is 0. The molecule has 0 aliphatic heterocycles. The summed E-state index contributed by atoms with van der Waals surface area (Å²) in [5, 5.41) is 6.80. The van der Waals surface area contributed by atoms with Crippen LogP contribution in [0.2, 0.25) is 0 Å². The van der Waals surface area contributed by atoms with Crippen molar-refractivity contribution in [2.75, 3.05) is 32.5 Å². The van der Waals surface area contributed by atoms with E-state index in [4.69, 9.17) is 10.5 Å². The Hall–Kier alpha value is -1.63. The van der Waals surface area contributed by atoms with Gasteiger partial charge >= 0.3 is 0 Å². The first kappa shape index (κ1) is 11.4. The molecule has 0 saturated heterocycles. The minimum Gasteiger partial charge on any atom is -0.383 e. The summed E-state index contributed by atoms with van der Waals surface area (Å²) in [7, 11) is 1.57. The summed E-state index contributed by atoms with van der Waals surface area (Å²) >= 11 is 0. The van der Waals surface area contributed by atoms with Crippen LogP contribution < -0.4 is 5.73 Å². The molecule has 0 spiro atoms. The number of likely N-dealkylation sites (N-methyl/N-ethyl adjacent to an activating group) is 1. The Bertz CT molecular complexity index is 325. The van der Waals surface area contributed by atoms with E-state index in [1.165, 1.54) is 0 Å². The molecule has 0 aromatic carbocycles. The van der Waals surface area contributed by atoms with E-state index < -0.39 is 0 Å². The van der Waals surface area contributed by atoms with Crippen LogP contribution in [0, 0.1) is 0 Å². The molecule has 0 aliphatic rings. The fourth-order valence-corrected chi connectivity index (χ4v) is 1.10. The van der Waals surface area contributed by atoms with Gasteiger partial charge in [-0.25, -0.2) is 4.63 Å². The summed E-state index contributed by atoms with van der Waals surface area (Å²) in [5.74, 6) is -0.288. The minimum absolute atomic E-state index is 0.0101. The second-order valence-electron chi connectivity index (χ2n) is 2.88. The molecular formula is C8H14N4O3. The lowest BCUT2D eigenvalue weighted by Gasteiger charge is -2.18. The van der Waals surface area contributed by atoms with Crippen LogP contribution in [0.3, 0.4) is 0 Å². The summed E-state index contributed by atoms with van der Waals surface area (Å²) in [6.45, 7) is 3.36. The van der Waals surface area contributed by atoms with Crippen molar-refractivity contribution in [3.05, 3.63) is 5.69 Å². The molecule has 7 nitrogen and oxygen atoms in total. The number of carbonyl (C=O) groups excluding carboxylic acids is 1. The summed E-state index contributed by atoms with van der Waals surface area (Å²) < 4.78 is 9.25. The van der Waals surface area contributed by atoms with E-state index in [0.29, 0.717) is 19.7 Å². The number of nitrogens with two attached hydrogens (primary N) is 1. The number of nitrogens with zero attached hydrogens (tertiary/aromatic N) is 3. The fourth-order valence-electron chi connectivity index (χ4n) is 1.10. The number of amides is 1. The number of nitrogen functional groups attached to an aromatic ring is 1. The maximum absolute atomic E-state index is 11.8. The smallest absolute Gasteiger partial charge is 0.280 e. The van der Waals surface area contributed by atoms with Crippen molar-refractivity contribution < 1.29 is 14.2 Å². The highest BCUT2D eigenvalue weighted by Gasteiger charge is 2.21. The van der Waals surface area contributed by atoms with E-state index in [1.807, 2.05) is 6.92 Å². The van der Waals surface area contributed by atoms with Crippen molar-refractivity contribution in [2.24, 2.45) is 0 Å². The third-order valence-corrected chi connectivity index (χ3v) is 1.95. The molecule has 1 aromatic rings. The molecule has 0 atom stereocenters. The quantitative estimate of drug-likeness (QED) is 0.726. The van der Waals surface area contributed by atoms with Gasteiger partial charge in [-0.3, -0.25) is 4.79 Å². The van der Waals surface area contributed by atoms with Crippen LogP contribution >= 0.6 is 0 Å². The van der Waals surface area contributed by atoms with Gasteiger partial charge in [0, 0.05) is 20.2 Å². The van der Waals surface area contributed by atoms with Gasteiger partial charge in [-0.2, -0.15) is 0 Å². The van der Waals surface area contributed by atoms with Crippen molar-refractivity contribution in [1.29, 1.82) is 0 Å². The Morgan fingerprint density at radius 3 is 2.80 bits per heavy atom. The average Bonchev–Trinajstić information content (AvgIpc) is 2.65. The van der Waals surface area contributed by atoms with Crippen molar-refractivity contribution in [1.82, 2.24) is 15.2 Å². The van der Waals surface area contributed by atoms with E-state index in [-0.39, 0.29) is 17.4 Å². The highest BCUT2D eigenvalue weighted by Crippen LogP contribution is 2.07. The predicted octanol–water partition coefficient (Wildman–Crippen LogP) is -0.240. The van der Waals surface area contributed by atoms with Gasteiger partial charge in [-0.15, -0.1) is 0 Å².